The zero-order valence-electron chi connectivity index (χ0n) is 19.8. The van der Waals surface area contributed by atoms with Crippen LogP contribution in [0.3, 0.4) is 0 Å². The van der Waals surface area contributed by atoms with Crippen LogP contribution in [0.15, 0.2) is 42.5 Å². The molecule has 1 aliphatic heterocycles. The Morgan fingerprint density at radius 3 is 2.50 bits per heavy atom. The van der Waals surface area contributed by atoms with Gasteiger partial charge in [-0.1, -0.05) is 38.1 Å². The Kier molecular flexibility index (Phi) is 8.38. The summed E-state index contributed by atoms with van der Waals surface area (Å²) < 4.78 is 27.3. The molecule has 184 valence electrons. The van der Waals surface area contributed by atoms with E-state index in [1.165, 1.54) is 19.1 Å². The van der Waals surface area contributed by atoms with E-state index in [9.17, 15) is 23.5 Å². The summed E-state index contributed by atoms with van der Waals surface area (Å²) in [5.74, 6) is -1.58. The molecule has 34 heavy (non-hydrogen) atoms. The first kappa shape index (κ1) is 25.8. The molecule has 1 aliphatic rings. The summed E-state index contributed by atoms with van der Waals surface area (Å²) in [4.78, 5) is 24.1. The van der Waals surface area contributed by atoms with Crippen molar-refractivity contribution >= 4 is 11.8 Å². The Bertz CT molecular complexity index is 1010. The molecule has 1 saturated heterocycles. The standard InChI is InChI=1S/C26H33F2N3O3/c1-16(2)19-5-4-6-20(12-19)26(7-8-29-25(34)14-26)30-15-24(33)23(31-17(3)32)11-18-9-21(27)13-22(28)10-18/h4-6,9-10,12-13,16,23-24,30,33H,7-8,11,14-15H2,1-3H3,(H,29,34)(H,31,32)/t23-,24-,26?/m0/s1. The van der Waals surface area contributed by atoms with Crippen molar-refractivity contribution in [1.82, 2.24) is 16.0 Å². The molecule has 3 atom stereocenters. The summed E-state index contributed by atoms with van der Waals surface area (Å²) in [5, 5.41) is 19.9. The van der Waals surface area contributed by atoms with Crippen molar-refractivity contribution in [3.63, 3.8) is 0 Å². The molecule has 8 heteroatoms. The van der Waals surface area contributed by atoms with Gasteiger partial charge in [0.25, 0.3) is 0 Å². The minimum absolute atomic E-state index is 0.0490. The predicted octanol–water partition coefficient (Wildman–Crippen LogP) is 2.89. The number of halogens is 2. The Hall–Kier alpha value is -2.84. The first-order chi connectivity index (χ1) is 16.1. The molecule has 1 heterocycles. The molecule has 2 aromatic rings. The van der Waals surface area contributed by atoms with Crippen LogP contribution >= 0.6 is 0 Å². The second kappa shape index (κ2) is 11.1. The second-order valence-corrected chi connectivity index (χ2v) is 9.38. The number of benzene rings is 2. The van der Waals surface area contributed by atoms with Gasteiger partial charge in [-0.05, 0) is 47.6 Å². The zero-order valence-corrected chi connectivity index (χ0v) is 19.8. The van der Waals surface area contributed by atoms with E-state index < -0.39 is 29.3 Å². The Labute approximate surface area is 199 Å². The molecule has 0 saturated carbocycles. The van der Waals surface area contributed by atoms with E-state index in [0.717, 1.165) is 17.2 Å². The van der Waals surface area contributed by atoms with Gasteiger partial charge in [-0.3, -0.25) is 9.59 Å². The summed E-state index contributed by atoms with van der Waals surface area (Å²) in [5.41, 5.74) is 1.75. The molecule has 3 rings (SSSR count). The Morgan fingerprint density at radius 2 is 1.88 bits per heavy atom. The van der Waals surface area contributed by atoms with E-state index >= 15 is 0 Å². The molecule has 4 N–H and O–H groups in total. The molecule has 0 bridgehead atoms. The highest BCUT2D eigenvalue weighted by atomic mass is 19.1. The van der Waals surface area contributed by atoms with Crippen molar-refractivity contribution < 1.29 is 23.5 Å². The number of rotatable bonds is 9. The molecule has 0 spiro atoms. The van der Waals surface area contributed by atoms with Gasteiger partial charge in [0.05, 0.1) is 17.7 Å². The topological polar surface area (TPSA) is 90.5 Å². The first-order valence-electron chi connectivity index (χ1n) is 11.6. The fourth-order valence-electron chi connectivity index (χ4n) is 4.50. The third-order valence-electron chi connectivity index (χ3n) is 6.32. The van der Waals surface area contributed by atoms with Crippen LogP contribution < -0.4 is 16.0 Å². The summed E-state index contributed by atoms with van der Waals surface area (Å²) in [6.45, 7) is 6.09. The first-order valence-corrected chi connectivity index (χ1v) is 11.6. The Balaban J connectivity index is 1.82. The van der Waals surface area contributed by atoms with Gasteiger partial charge in [0.1, 0.15) is 11.6 Å². The number of amides is 2. The number of carbonyl (C=O) groups is 2. The highest BCUT2D eigenvalue weighted by Gasteiger charge is 2.38. The lowest BCUT2D eigenvalue weighted by atomic mass is 9.79. The van der Waals surface area contributed by atoms with Crippen LogP contribution in [-0.2, 0) is 21.5 Å². The average molecular weight is 474 g/mol. The SMILES string of the molecule is CC(=O)N[C@@H](Cc1cc(F)cc(F)c1)[C@@H](O)CNC1(c2cccc(C(C)C)c2)CCNC(=O)C1. The van der Waals surface area contributed by atoms with Crippen LogP contribution in [0.1, 0.15) is 56.2 Å². The molecular formula is C26H33F2N3O3. The minimum Gasteiger partial charge on any atom is -0.390 e. The van der Waals surface area contributed by atoms with Crippen molar-refractivity contribution in [2.45, 2.75) is 63.6 Å². The van der Waals surface area contributed by atoms with Gasteiger partial charge in [-0.2, -0.15) is 0 Å². The number of piperidine rings is 1. The maximum absolute atomic E-state index is 13.7. The number of aliphatic hydroxyl groups is 1. The van der Waals surface area contributed by atoms with E-state index in [4.69, 9.17) is 0 Å². The number of aliphatic hydroxyl groups excluding tert-OH is 1. The summed E-state index contributed by atoms with van der Waals surface area (Å²) >= 11 is 0. The second-order valence-electron chi connectivity index (χ2n) is 9.38. The molecule has 6 nitrogen and oxygen atoms in total. The van der Waals surface area contributed by atoms with E-state index in [1.807, 2.05) is 18.2 Å². The van der Waals surface area contributed by atoms with Gasteiger partial charge in [0.15, 0.2) is 0 Å². The van der Waals surface area contributed by atoms with Crippen molar-refractivity contribution in [2.24, 2.45) is 0 Å². The lowest BCUT2D eigenvalue weighted by Crippen LogP contribution is -2.56. The lowest BCUT2D eigenvalue weighted by molar-refractivity contribution is -0.124. The predicted molar refractivity (Wildman–Crippen MR) is 126 cm³/mol. The maximum atomic E-state index is 13.7. The average Bonchev–Trinajstić information content (AvgIpc) is 2.76. The van der Waals surface area contributed by atoms with Crippen LogP contribution in [0.25, 0.3) is 0 Å². The van der Waals surface area contributed by atoms with E-state index in [2.05, 4.69) is 35.9 Å². The summed E-state index contributed by atoms with van der Waals surface area (Å²) in [6, 6.07) is 10.4. The third-order valence-corrected chi connectivity index (χ3v) is 6.32. The third kappa shape index (κ3) is 6.61. The van der Waals surface area contributed by atoms with Gasteiger partial charge >= 0.3 is 0 Å². The molecule has 0 aromatic heterocycles. The molecule has 1 fully saturated rings. The number of carbonyl (C=O) groups excluding carboxylic acids is 2. The smallest absolute Gasteiger partial charge is 0.222 e. The lowest BCUT2D eigenvalue weighted by Gasteiger charge is -2.40. The quantitative estimate of drug-likeness (QED) is 0.451. The van der Waals surface area contributed by atoms with Gasteiger partial charge < -0.3 is 21.1 Å². The van der Waals surface area contributed by atoms with E-state index in [0.29, 0.717) is 24.4 Å². The van der Waals surface area contributed by atoms with Crippen LogP contribution in [0.4, 0.5) is 8.78 Å². The number of nitrogens with one attached hydrogen (secondary N) is 3. The summed E-state index contributed by atoms with van der Waals surface area (Å²) in [6.07, 6.45) is -0.174. The number of hydrogen-bond acceptors (Lipinski definition) is 4. The Morgan fingerprint density at radius 1 is 1.18 bits per heavy atom. The van der Waals surface area contributed by atoms with Crippen molar-refractivity contribution in [3.05, 3.63) is 70.8 Å². The molecule has 1 unspecified atom stereocenters. The van der Waals surface area contributed by atoms with Gasteiger partial charge in [-0.15, -0.1) is 0 Å². The normalized spacial score (nSPS) is 20.0. The minimum atomic E-state index is -1.06. The van der Waals surface area contributed by atoms with Crippen LogP contribution in [-0.4, -0.2) is 42.2 Å². The highest BCUT2D eigenvalue weighted by Crippen LogP contribution is 2.33. The van der Waals surface area contributed by atoms with Gasteiger partial charge in [0, 0.05) is 32.5 Å². The maximum Gasteiger partial charge on any atom is 0.222 e. The van der Waals surface area contributed by atoms with Crippen LogP contribution in [0, 0.1) is 11.6 Å². The van der Waals surface area contributed by atoms with Gasteiger partial charge in [0.2, 0.25) is 11.8 Å². The molecule has 0 radical (unpaired) electrons. The van der Waals surface area contributed by atoms with E-state index in [-0.39, 0.29) is 31.2 Å². The molecular weight excluding hydrogens is 440 g/mol. The highest BCUT2D eigenvalue weighted by molar-refractivity contribution is 5.78. The van der Waals surface area contributed by atoms with Crippen molar-refractivity contribution in [3.8, 4) is 0 Å². The van der Waals surface area contributed by atoms with Crippen molar-refractivity contribution in [1.29, 1.82) is 0 Å². The van der Waals surface area contributed by atoms with Crippen LogP contribution in [0.5, 0.6) is 0 Å². The fraction of sp³-hybridized carbons (Fsp3) is 0.462. The zero-order chi connectivity index (χ0) is 24.9. The van der Waals surface area contributed by atoms with Crippen LogP contribution in [0.2, 0.25) is 0 Å². The van der Waals surface area contributed by atoms with E-state index in [1.54, 1.807) is 0 Å². The molecule has 2 amide bonds. The number of hydrogen-bond donors (Lipinski definition) is 4. The summed E-state index contributed by atoms with van der Waals surface area (Å²) in [7, 11) is 0. The molecule has 2 aromatic carbocycles. The van der Waals surface area contributed by atoms with Gasteiger partial charge in [-0.25, -0.2) is 8.78 Å². The largest absolute Gasteiger partial charge is 0.390 e. The molecule has 0 aliphatic carbocycles. The van der Waals surface area contributed by atoms with Crippen molar-refractivity contribution in [2.75, 3.05) is 13.1 Å². The monoisotopic (exact) mass is 473 g/mol. The fourth-order valence-corrected chi connectivity index (χ4v) is 4.50.